The van der Waals surface area contributed by atoms with Crippen LogP contribution < -0.4 is 5.32 Å². The highest BCUT2D eigenvalue weighted by Gasteiger charge is 2.21. The minimum atomic E-state index is -0.492. The number of methoxy groups -OCH3 is 1. The highest BCUT2D eigenvalue weighted by atomic mass is 35.5. The van der Waals surface area contributed by atoms with Crippen molar-refractivity contribution < 1.29 is 13.9 Å². The van der Waals surface area contributed by atoms with Crippen molar-refractivity contribution in [2.24, 2.45) is 0 Å². The van der Waals surface area contributed by atoms with E-state index in [4.69, 9.17) is 16.0 Å². The minimum absolute atomic E-state index is 0.170. The Balaban J connectivity index is 2.31. The van der Waals surface area contributed by atoms with E-state index in [0.29, 0.717) is 10.8 Å². The van der Waals surface area contributed by atoms with Crippen molar-refractivity contribution >= 4 is 28.9 Å². The number of carbonyl (C=O) groups is 1. The predicted molar refractivity (Wildman–Crippen MR) is 70.3 cm³/mol. The van der Waals surface area contributed by atoms with Gasteiger partial charge in [0.05, 0.1) is 12.1 Å². The van der Waals surface area contributed by atoms with Crippen LogP contribution in [0.15, 0.2) is 28.0 Å². The quantitative estimate of drug-likeness (QED) is 0.877. The van der Waals surface area contributed by atoms with Gasteiger partial charge in [0.25, 0.3) is 0 Å². The zero-order valence-electron chi connectivity index (χ0n) is 9.90. The number of nitrogens with one attached hydrogen (secondary N) is 1. The van der Waals surface area contributed by atoms with E-state index in [1.165, 1.54) is 18.4 Å². The summed E-state index contributed by atoms with van der Waals surface area (Å²) in [6.45, 7) is 0. The summed E-state index contributed by atoms with van der Waals surface area (Å²) >= 11 is 7.63. The van der Waals surface area contributed by atoms with Gasteiger partial charge in [0.2, 0.25) is 5.76 Å². The summed E-state index contributed by atoms with van der Waals surface area (Å²) in [5.41, 5.74) is 0. The first kappa shape index (κ1) is 13.1. The summed E-state index contributed by atoms with van der Waals surface area (Å²) in [5, 5.41) is 5.70. The standard InChI is InChI=1S/C12H12ClNO3S/c1-14-10(11-7(13)5-6-18-11)8-3-4-9(17-8)12(15)16-2/h3-6,10,14H,1-2H3. The second-order valence-corrected chi connectivity index (χ2v) is 4.90. The van der Waals surface area contributed by atoms with E-state index in [0.717, 1.165) is 4.88 Å². The Hall–Kier alpha value is -1.30. The summed E-state index contributed by atoms with van der Waals surface area (Å²) < 4.78 is 10.1. The van der Waals surface area contributed by atoms with Gasteiger partial charge >= 0.3 is 5.97 Å². The van der Waals surface area contributed by atoms with Crippen molar-refractivity contribution in [1.29, 1.82) is 0 Å². The zero-order valence-corrected chi connectivity index (χ0v) is 11.5. The van der Waals surface area contributed by atoms with Gasteiger partial charge in [0, 0.05) is 4.88 Å². The molecule has 0 spiro atoms. The van der Waals surface area contributed by atoms with Crippen LogP contribution in [0.4, 0.5) is 0 Å². The summed E-state index contributed by atoms with van der Waals surface area (Å²) in [6, 6.07) is 4.99. The number of carbonyl (C=O) groups excluding carboxylic acids is 1. The van der Waals surface area contributed by atoms with Gasteiger partial charge in [-0.2, -0.15) is 0 Å². The van der Waals surface area contributed by atoms with Gasteiger partial charge < -0.3 is 14.5 Å². The van der Waals surface area contributed by atoms with Crippen molar-refractivity contribution in [2.75, 3.05) is 14.2 Å². The zero-order chi connectivity index (χ0) is 13.1. The van der Waals surface area contributed by atoms with Crippen molar-refractivity contribution in [1.82, 2.24) is 5.32 Å². The predicted octanol–water partition coefficient (Wildman–Crippen LogP) is 3.09. The lowest BCUT2D eigenvalue weighted by Crippen LogP contribution is -2.16. The van der Waals surface area contributed by atoms with E-state index in [1.54, 1.807) is 19.2 Å². The van der Waals surface area contributed by atoms with Crippen LogP contribution in [0, 0.1) is 0 Å². The first-order valence-corrected chi connectivity index (χ1v) is 6.51. The maximum Gasteiger partial charge on any atom is 0.373 e. The molecule has 0 bridgehead atoms. The monoisotopic (exact) mass is 285 g/mol. The minimum Gasteiger partial charge on any atom is -0.463 e. The van der Waals surface area contributed by atoms with Gasteiger partial charge in [0.1, 0.15) is 11.8 Å². The molecule has 0 saturated carbocycles. The van der Waals surface area contributed by atoms with Crippen molar-refractivity contribution in [3.8, 4) is 0 Å². The smallest absolute Gasteiger partial charge is 0.373 e. The largest absolute Gasteiger partial charge is 0.463 e. The SMILES string of the molecule is CNC(c1ccc(C(=O)OC)o1)c1sccc1Cl. The first-order chi connectivity index (χ1) is 8.67. The Labute approximate surface area is 114 Å². The molecular weight excluding hydrogens is 274 g/mol. The maximum atomic E-state index is 11.3. The Morgan fingerprint density at radius 1 is 1.50 bits per heavy atom. The maximum absolute atomic E-state index is 11.3. The molecule has 2 rings (SSSR count). The number of ether oxygens (including phenoxy) is 1. The van der Waals surface area contributed by atoms with Gasteiger partial charge in [-0.05, 0) is 30.6 Å². The van der Waals surface area contributed by atoms with E-state index in [-0.39, 0.29) is 11.8 Å². The van der Waals surface area contributed by atoms with E-state index < -0.39 is 5.97 Å². The van der Waals surface area contributed by atoms with Gasteiger partial charge in [-0.1, -0.05) is 11.6 Å². The third kappa shape index (κ3) is 2.43. The number of thiophene rings is 1. The lowest BCUT2D eigenvalue weighted by molar-refractivity contribution is 0.0562. The highest BCUT2D eigenvalue weighted by Crippen LogP contribution is 2.33. The Bertz CT molecular complexity index is 549. The fourth-order valence-corrected chi connectivity index (χ4v) is 2.91. The molecule has 4 nitrogen and oxygen atoms in total. The first-order valence-electron chi connectivity index (χ1n) is 5.25. The molecule has 1 atom stereocenters. The van der Waals surface area contributed by atoms with Gasteiger partial charge in [-0.25, -0.2) is 4.79 Å². The lowest BCUT2D eigenvalue weighted by atomic mass is 10.2. The number of rotatable bonds is 4. The van der Waals surface area contributed by atoms with Gasteiger partial charge in [-0.15, -0.1) is 11.3 Å². The second kappa shape index (κ2) is 5.56. The van der Waals surface area contributed by atoms with Crippen LogP contribution in [0.5, 0.6) is 0 Å². The molecule has 6 heteroatoms. The summed E-state index contributed by atoms with van der Waals surface area (Å²) in [7, 11) is 3.12. The average molecular weight is 286 g/mol. The number of halogens is 1. The molecule has 96 valence electrons. The molecule has 1 N–H and O–H groups in total. The Morgan fingerprint density at radius 3 is 2.83 bits per heavy atom. The summed E-state index contributed by atoms with van der Waals surface area (Å²) in [4.78, 5) is 12.3. The molecule has 0 fully saturated rings. The van der Waals surface area contributed by atoms with Crippen LogP contribution in [-0.2, 0) is 4.74 Å². The molecule has 0 aromatic carbocycles. The normalized spacial score (nSPS) is 12.4. The fraction of sp³-hybridized carbons (Fsp3) is 0.250. The van der Waals surface area contributed by atoms with Crippen LogP contribution in [0.3, 0.4) is 0 Å². The van der Waals surface area contributed by atoms with E-state index >= 15 is 0 Å². The molecule has 0 aliphatic carbocycles. The topological polar surface area (TPSA) is 51.5 Å². The molecule has 2 aromatic rings. The molecule has 0 aliphatic heterocycles. The van der Waals surface area contributed by atoms with Crippen LogP contribution in [-0.4, -0.2) is 20.1 Å². The molecule has 2 heterocycles. The molecule has 2 aromatic heterocycles. The summed E-state index contributed by atoms with van der Waals surface area (Å²) in [6.07, 6.45) is 0. The van der Waals surface area contributed by atoms with Crippen LogP contribution in [0.25, 0.3) is 0 Å². The second-order valence-electron chi connectivity index (χ2n) is 3.55. The van der Waals surface area contributed by atoms with Crippen molar-refractivity contribution in [2.45, 2.75) is 6.04 Å². The molecule has 1 unspecified atom stereocenters. The van der Waals surface area contributed by atoms with Crippen LogP contribution >= 0.6 is 22.9 Å². The van der Waals surface area contributed by atoms with E-state index in [9.17, 15) is 4.79 Å². The van der Waals surface area contributed by atoms with Crippen LogP contribution in [0.1, 0.15) is 27.2 Å². The Kier molecular flexibility index (Phi) is 4.06. The fourth-order valence-electron chi connectivity index (χ4n) is 1.63. The third-order valence-corrected chi connectivity index (χ3v) is 3.92. The van der Waals surface area contributed by atoms with Crippen molar-refractivity contribution in [3.05, 3.63) is 45.0 Å². The molecular formula is C12H12ClNO3S. The third-order valence-electron chi connectivity index (χ3n) is 2.49. The molecule has 0 saturated heterocycles. The molecule has 0 amide bonds. The number of hydrogen-bond donors (Lipinski definition) is 1. The van der Waals surface area contributed by atoms with Gasteiger partial charge in [0.15, 0.2) is 0 Å². The van der Waals surface area contributed by atoms with Crippen LogP contribution in [0.2, 0.25) is 5.02 Å². The van der Waals surface area contributed by atoms with E-state index in [2.05, 4.69) is 10.1 Å². The molecule has 0 radical (unpaired) electrons. The number of esters is 1. The highest BCUT2D eigenvalue weighted by molar-refractivity contribution is 7.10. The lowest BCUT2D eigenvalue weighted by Gasteiger charge is -2.12. The number of hydrogen-bond acceptors (Lipinski definition) is 5. The van der Waals surface area contributed by atoms with Crippen molar-refractivity contribution in [3.63, 3.8) is 0 Å². The Morgan fingerprint density at radius 2 is 2.28 bits per heavy atom. The van der Waals surface area contributed by atoms with E-state index in [1.807, 2.05) is 11.4 Å². The molecule has 18 heavy (non-hydrogen) atoms. The summed E-state index contributed by atoms with van der Waals surface area (Å²) in [5.74, 6) is 0.316. The number of furan rings is 1. The van der Waals surface area contributed by atoms with Gasteiger partial charge in [-0.3, -0.25) is 0 Å². The average Bonchev–Trinajstić information content (AvgIpc) is 3.00. The molecule has 0 aliphatic rings.